The molecule has 2 N–H and O–H groups in total. The summed E-state index contributed by atoms with van der Waals surface area (Å²) in [4.78, 5) is 25.6. The van der Waals surface area contributed by atoms with Crippen molar-refractivity contribution in [3.05, 3.63) is 34.3 Å². The third-order valence-corrected chi connectivity index (χ3v) is 6.68. The minimum Gasteiger partial charge on any atom is -0.507 e. The third-order valence-electron chi connectivity index (χ3n) is 6.05. The van der Waals surface area contributed by atoms with E-state index < -0.39 is 0 Å². The molecule has 6 atom stereocenters. The van der Waals surface area contributed by atoms with Gasteiger partial charge in [0.25, 0.3) is 11.8 Å². The molecule has 7 heteroatoms. The van der Waals surface area contributed by atoms with Gasteiger partial charge in [0.2, 0.25) is 0 Å². The van der Waals surface area contributed by atoms with Crippen molar-refractivity contribution in [3.63, 3.8) is 0 Å². The highest BCUT2D eigenvalue weighted by Gasteiger charge is 2.67. The average Bonchev–Trinajstić information content (AvgIpc) is 3.36. The molecule has 2 bridgehead atoms. The Kier molecular flexibility index (Phi) is 2.99. The average molecular weight is 403 g/mol. The molecule has 25 heavy (non-hydrogen) atoms. The van der Waals surface area contributed by atoms with Gasteiger partial charge in [-0.1, -0.05) is 12.2 Å². The summed E-state index contributed by atoms with van der Waals surface area (Å²) in [5.41, 5.74) is 0.309. The van der Waals surface area contributed by atoms with Crippen LogP contribution in [0.3, 0.4) is 0 Å². The summed E-state index contributed by atoms with van der Waals surface area (Å²) in [6.07, 6.45) is 6.62. The van der Waals surface area contributed by atoms with Gasteiger partial charge in [0.1, 0.15) is 11.5 Å². The molecular weight excluding hydrogens is 388 g/mol. The maximum Gasteiger partial charge on any atom is 0.254 e. The van der Waals surface area contributed by atoms with Crippen molar-refractivity contribution in [2.45, 2.75) is 6.42 Å². The minimum absolute atomic E-state index is 0.101. The molecule has 0 spiro atoms. The van der Waals surface area contributed by atoms with Crippen LogP contribution in [0.25, 0.3) is 0 Å². The molecule has 0 aromatic heterocycles. The molecule has 0 unspecified atom stereocenters. The molecule has 6 rings (SSSR count). The highest BCUT2D eigenvalue weighted by atomic mass is 79.9. The Morgan fingerprint density at radius 1 is 1.04 bits per heavy atom. The van der Waals surface area contributed by atoms with E-state index in [1.54, 1.807) is 0 Å². The van der Waals surface area contributed by atoms with E-state index in [9.17, 15) is 19.8 Å². The summed E-state index contributed by atoms with van der Waals surface area (Å²) in [7, 11) is 0. The monoisotopic (exact) mass is 402 g/mol. The summed E-state index contributed by atoms with van der Waals surface area (Å²) in [5.74, 6) is 0.0808. The molecule has 2 amide bonds. The fourth-order valence-electron chi connectivity index (χ4n) is 4.84. The maximum atomic E-state index is 12.8. The number of aromatic hydroxyl groups is 2. The van der Waals surface area contributed by atoms with Crippen LogP contribution >= 0.6 is 15.9 Å². The lowest BCUT2D eigenvalue weighted by atomic mass is 9.63. The van der Waals surface area contributed by atoms with Gasteiger partial charge in [0, 0.05) is 11.6 Å². The van der Waals surface area contributed by atoms with Crippen LogP contribution in [0, 0.1) is 35.5 Å². The summed E-state index contributed by atoms with van der Waals surface area (Å²) in [6.45, 7) is 0. The summed E-state index contributed by atoms with van der Waals surface area (Å²) in [6, 6.07) is 2.66. The summed E-state index contributed by atoms with van der Waals surface area (Å²) >= 11 is 3.16. The van der Waals surface area contributed by atoms with E-state index in [0.717, 1.165) is 11.4 Å². The molecule has 3 fully saturated rings. The zero-order valence-electron chi connectivity index (χ0n) is 13.0. The van der Waals surface area contributed by atoms with Crippen LogP contribution in [0.2, 0.25) is 0 Å². The molecule has 4 aliphatic carbocycles. The molecule has 1 saturated heterocycles. The van der Waals surface area contributed by atoms with Crippen LogP contribution in [0.15, 0.2) is 33.9 Å². The van der Waals surface area contributed by atoms with E-state index in [1.165, 1.54) is 18.3 Å². The highest BCUT2D eigenvalue weighted by Crippen LogP contribution is 2.65. The first-order valence-corrected chi connectivity index (χ1v) is 9.08. The van der Waals surface area contributed by atoms with Gasteiger partial charge in [-0.2, -0.15) is 10.1 Å². The lowest BCUT2D eigenvalue weighted by molar-refractivity contribution is -0.140. The highest BCUT2D eigenvalue weighted by molar-refractivity contribution is 9.10. The van der Waals surface area contributed by atoms with E-state index in [2.05, 4.69) is 33.2 Å². The van der Waals surface area contributed by atoms with Crippen molar-refractivity contribution in [1.82, 2.24) is 5.01 Å². The Morgan fingerprint density at radius 3 is 2.24 bits per heavy atom. The number of carbonyl (C=O) groups is 2. The van der Waals surface area contributed by atoms with E-state index in [0.29, 0.717) is 21.9 Å². The van der Waals surface area contributed by atoms with Crippen molar-refractivity contribution in [2.24, 2.45) is 40.6 Å². The normalized spacial score (nSPS) is 37.7. The number of hydrazone groups is 1. The Bertz CT molecular complexity index is 844. The minimum atomic E-state index is -0.288. The van der Waals surface area contributed by atoms with E-state index in [4.69, 9.17) is 0 Å². The lowest BCUT2D eigenvalue weighted by Gasteiger charge is -2.37. The molecule has 1 aromatic rings. The first-order valence-electron chi connectivity index (χ1n) is 8.29. The number of carbonyl (C=O) groups excluding carboxylic acids is 2. The predicted octanol–water partition coefficient (Wildman–Crippen LogP) is 2.25. The number of hydrogen-bond acceptors (Lipinski definition) is 5. The van der Waals surface area contributed by atoms with Gasteiger partial charge in [-0.15, -0.1) is 0 Å². The fourth-order valence-corrected chi connectivity index (χ4v) is 5.21. The number of halogens is 1. The van der Waals surface area contributed by atoms with E-state index in [-0.39, 0.29) is 47.0 Å². The standard InChI is InChI=1S/C18H15BrN2O4/c19-12-3-7(13(22)5-14(12)23)6-20-21-17(24)15-8-1-2-9(11-4-10(8)11)16(15)18(21)25/h1-3,5-6,8-11,15-16,22-23H,4H2/b20-6-/t8-,9-,10-,11+,15-,16+/m0/s1. The first kappa shape index (κ1) is 15.1. The second kappa shape index (κ2) is 4.94. The molecule has 128 valence electrons. The summed E-state index contributed by atoms with van der Waals surface area (Å²) in [5, 5.41) is 24.5. The smallest absolute Gasteiger partial charge is 0.254 e. The number of rotatable bonds is 2. The van der Waals surface area contributed by atoms with Gasteiger partial charge >= 0.3 is 0 Å². The molecule has 1 aromatic carbocycles. The predicted molar refractivity (Wildman–Crippen MR) is 91.6 cm³/mol. The van der Waals surface area contributed by atoms with Crippen LogP contribution in [0.5, 0.6) is 11.5 Å². The van der Waals surface area contributed by atoms with E-state index >= 15 is 0 Å². The number of phenolic OH excluding ortho intramolecular Hbond substituents is 2. The fraction of sp³-hybridized carbons (Fsp3) is 0.389. The van der Waals surface area contributed by atoms with Crippen molar-refractivity contribution >= 4 is 34.0 Å². The number of imide groups is 1. The topological polar surface area (TPSA) is 90.2 Å². The zero-order chi connectivity index (χ0) is 17.5. The van der Waals surface area contributed by atoms with Gasteiger partial charge in [-0.25, -0.2) is 0 Å². The third kappa shape index (κ3) is 1.99. The number of allylic oxidation sites excluding steroid dienone is 2. The second-order valence-corrected chi connectivity index (χ2v) is 8.10. The van der Waals surface area contributed by atoms with Crippen LogP contribution in [0.4, 0.5) is 0 Å². The van der Waals surface area contributed by atoms with Crippen LogP contribution in [-0.2, 0) is 9.59 Å². The Labute approximate surface area is 152 Å². The van der Waals surface area contributed by atoms with E-state index in [1.807, 2.05) is 0 Å². The zero-order valence-corrected chi connectivity index (χ0v) is 14.6. The number of phenols is 2. The van der Waals surface area contributed by atoms with Crippen molar-refractivity contribution < 1.29 is 19.8 Å². The Balaban J connectivity index is 1.46. The molecule has 1 aliphatic heterocycles. The SMILES string of the molecule is O=C1[C@@H]2[C@H]3C=C[C@@H]([C@@H]4C[C@H]34)[C@@H]2C(=O)N1/N=C\c1cc(Br)c(O)cc1O. The van der Waals surface area contributed by atoms with Crippen molar-refractivity contribution in [3.8, 4) is 11.5 Å². The van der Waals surface area contributed by atoms with Crippen LogP contribution in [-0.4, -0.2) is 33.3 Å². The number of hydrogen-bond donors (Lipinski definition) is 2. The van der Waals surface area contributed by atoms with Crippen LogP contribution in [0.1, 0.15) is 12.0 Å². The first-order chi connectivity index (χ1) is 12.0. The Hall–Kier alpha value is -2.15. The largest absolute Gasteiger partial charge is 0.507 e. The number of benzene rings is 1. The van der Waals surface area contributed by atoms with Gasteiger partial charge in [0.05, 0.1) is 22.5 Å². The van der Waals surface area contributed by atoms with Gasteiger partial charge in [-0.3, -0.25) is 9.59 Å². The lowest BCUT2D eigenvalue weighted by Crippen LogP contribution is -2.40. The second-order valence-electron chi connectivity index (χ2n) is 7.25. The van der Waals surface area contributed by atoms with Crippen molar-refractivity contribution in [1.29, 1.82) is 0 Å². The van der Waals surface area contributed by atoms with Crippen LogP contribution < -0.4 is 0 Å². The molecule has 6 nitrogen and oxygen atoms in total. The summed E-state index contributed by atoms with van der Waals surface area (Å²) < 4.78 is 0.391. The molecule has 2 saturated carbocycles. The van der Waals surface area contributed by atoms with Gasteiger partial charge in [-0.05, 0) is 52.1 Å². The van der Waals surface area contributed by atoms with Crippen molar-refractivity contribution in [2.75, 3.05) is 0 Å². The molecule has 1 heterocycles. The molecular formula is C18H15BrN2O4. The van der Waals surface area contributed by atoms with Gasteiger partial charge < -0.3 is 10.2 Å². The molecule has 0 radical (unpaired) electrons. The number of nitrogens with zero attached hydrogens (tertiary/aromatic N) is 2. The maximum absolute atomic E-state index is 12.8. The molecule has 5 aliphatic rings. The number of amides is 2. The quantitative estimate of drug-likeness (QED) is 0.450. The van der Waals surface area contributed by atoms with Gasteiger partial charge in [0.15, 0.2) is 0 Å². The Morgan fingerprint density at radius 2 is 1.64 bits per heavy atom.